The quantitative estimate of drug-likeness (QED) is 0.140. The van der Waals surface area contributed by atoms with Gasteiger partial charge in [0.1, 0.15) is 0 Å². The van der Waals surface area contributed by atoms with E-state index in [2.05, 4.69) is 6.92 Å². The van der Waals surface area contributed by atoms with Crippen molar-refractivity contribution in [3.63, 3.8) is 0 Å². The molecule has 0 aliphatic rings. The highest BCUT2D eigenvalue weighted by atomic mass is 16.5. The van der Waals surface area contributed by atoms with E-state index in [1.165, 1.54) is 96.3 Å². The molecular weight excluding hydrogens is 400 g/mol. The average molecular weight is 449 g/mol. The zero-order valence-electron chi connectivity index (χ0n) is 21.1. The van der Waals surface area contributed by atoms with Gasteiger partial charge < -0.3 is 14.2 Å². The summed E-state index contributed by atoms with van der Waals surface area (Å²) in [6.07, 6.45) is 21.8. The van der Waals surface area contributed by atoms with Crippen molar-refractivity contribution < 1.29 is 19.0 Å². The minimum atomic E-state index is -0.338. The number of benzene rings is 1. The maximum Gasteiger partial charge on any atom is 0.338 e. The molecule has 0 radical (unpaired) electrons. The smallest absolute Gasteiger partial charge is 0.338 e. The largest absolute Gasteiger partial charge is 0.493 e. The first kappa shape index (κ1) is 28.3. The number of carbonyl (C=O) groups excluding carboxylic acids is 1. The van der Waals surface area contributed by atoms with Gasteiger partial charge in [0.15, 0.2) is 11.5 Å². The molecule has 0 bridgehead atoms. The molecule has 0 spiro atoms. The van der Waals surface area contributed by atoms with Crippen molar-refractivity contribution in [3.8, 4) is 11.5 Å². The fourth-order valence-corrected chi connectivity index (χ4v) is 3.96. The monoisotopic (exact) mass is 448 g/mol. The van der Waals surface area contributed by atoms with E-state index >= 15 is 0 Å². The van der Waals surface area contributed by atoms with Gasteiger partial charge in [-0.1, -0.05) is 103 Å². The van der Waals surface area contributed by atoms with E-state index in [4.69, 9.17) is 14.2 Å². The Kier molecular flexibility index (Phi) is 17.6. The van der Waals surface area contributed by atoms with E-state index in [0.717, 1.165) is 6.42 Å². The van der Waals surface area contributed by atoms with Gasteiger partial charge in [-0.15, -0.1) is 0 Å². The first-order chi connectivity index (χ1) is 15.7. The Morgan fingerprint density at radius 2 is 1.19 bits per heavy atom. The van der Waals surface area contributed by atoms with Crippen molar-refractivity contribution in [2.45, 2.75) is 117 Å². The molecule has 0 saturated carbocycles. The van der Waals surface area contributed by atoms with E-state index in [9.17, 15) is 4.79 Å². The lowest BCUT2D eigenvalue weighted by molar-refractivity contribution is 0.0526. The first-order valence-corrected chi connectivity index (χ1v) is 13.2. The Hall–Kier alpha value is -1.71. The molecule has 0 amide bonds. The summed E-state index contributed by atoms with van der Waals surface area (Å²) in [6, 6.07) is 5.20. The number of esters is 1. The number of unbranched alkanes of at least 4 members (excludes halogenated alkanes) is 15. The Balaban J connectivity index is 1.97. The summed E-state index contributed by atoms with van der Waals surface area (Å²) in [5.41, 5.74) is 0.485. The van der Waals surface area contributed by atoms with Gasteiger partial charge in [-0.05, 0) is 31.5 Å². The summed E-state index contributed by atoms with van der Waals surface area (Å²) in [6.45, 7) is 5.11. The van der Waals surface area contributed by atoms with E-state index in [1.54, 1.807) is 32.2 Å². The topological polar surface area (TPSA) is 44.8 Å². The first-order valence-electron chi connectivity index (χ1n) is 13.2. The predicted molar refractivity (Wildman–Crippen MR) is 134 cm³/mol. The predicted octanol–water partition coefficient (Wildman–Crippen LogP) is 8.51. The lowest BCUT2D eigenvalue weighted by Crippen LogP contribution is -2.06. The molecule has 4 heteroatoms. The molecule has 184 valence electrons. The van der Waals surface area contributed by atoms with Crippen LogP contribution in [0.3, 0.4) is 0 Å². The fourth-order valence-electron chi connectivity index (χ4n) is 3.96. The normalized spacial score (nSPS) is 10.8. The number of hydrogen-bond acceptors (Lipinski definition) is 4. The van der Waals surface area contributed by atoms with E-state index in [0.29, 0.717) is 30.3 Å². The van der Waals surface area contributed by atoms with Crippen molar-refractivity contribution in [1.82, 2.24) is 0 Å². The molecule has 1 rings (SSSR count). The minimum Gasteiger partial charge on any atom is -0.493 e. The van der Waals surface area contributed by atoms with Gasteiger partial charge in [0.05, 0.1) is 25.9 Å². The molecule has 1 aromatic rings. The van der Waals surface area contributed by atoms with Gasteiger partial charge in [-0.25, -0.2) is 4.79 Å². The van der Waals surface area contributed by atoms with Crippen LogP contribution < -0.4 is 9.47 Å². The van der Waals surface area contributed by atoms with Crippen LogP contribution in [0.15, 0.2) is 18.2 Å². The van der Waals surface area contributed by atoms with Crippen molar-refractivity contribution in [3.05, 3.63) is 23.8 Å². The second kappa shape index (κ2) is 19.9. The summed E-state index contributed by atoms with van der Waals surface area (Å²) in [7, 11) is 1.59. The number of hydrogen-bond donors (Lipinski definition) is 0. The Morgan fingerprint density at radius 3 is 1.66 bits per heavy atom. The SMILES string of the molecule is CCCCCCCCCCCCCCCCCCOc1ccc(C(=O)OCC)cc1OC. The van der Waals surface area contributed by atoms with Gasteiger partial charge in [0.25, 0.3) is 0 Å². The zero-order valence-corrected chi connectivity index (χ0v) is 21.1. The summed E-state index contributed by atoms with van der Waals surface area (Å²) < 4.78 is 16.3. The highest BCUT2D eigenvalue weighted by molar-refractivity contribution is 5.90. The van der Waals surface area contributed by atoms with Crippen LogP contribution in [0.2, 0.25) is 0 Å². The Bertz CT molecular complexity index is 585. The van der Waals surface area contributed by atoms with Crippen LogP contribution in [0.5, 0.6) is 11.5 Å². The number of ether oxygens (including phenoxy) is 3. The van der Waals surface area contributed by atoms with Crippen LogP contribution in [0.4, 0.5) is 0 Å². The van der Waals surface area contributed by atoms with Crippen LogP contribution in [0, 0.1) is 0 Å². The van der Waals surface area contributed by atoms with Crippen LogP contribution in [-0.4, -0.2) is 26.3 Å². The molecule has 0 unspecified atom stereocenters. The van der Waals surface area contributed by atoms with Crippen LogP contribution >= 0.6 is 0 Å². The fraction of sp³-hybridized carbons (Fsp3) is 0.750. The molecule has 0 atom stereocenters. The average Bonchev–Trinajstić information content (AvgIpc) is 2.81. The molecule has 0 saturated heterocycles. The van der Waals surface area contributed by atoms with Gasteiger partial charge in [0, 0.05) is 0 Å². The molecular formula is C28H48O4. The molecule has 0 fully saturated rings. The lowest BCUT2D eigenvalue weighted by Gasteiger charge is -2.12. The minimum absolute atomic E-state index is 0.338. The van der Waals surface area contributed by atoms with Gasteiger partial charge in [-0.3, -0.25) is 0 Å². The standard InChI is InChI=1S/C28H48O4/c1-4-6-7-8-9-10-11-12-13-14-15-16-17-18-19-20-23-32-26-22-21-25(24-27(26)30-3)28(29)31-5-2/h21-22,24H,4-20,23H2,1-3H3. The molecule has 0 aromatic heterocycles. The molecule has 32 heavy (non-hydrogen) atoms. The highest BCUT2D eigenvalue weighted by Crippen LogP contribution is 2.28. The number of carbonyl (C=O) groups is 1. The number of rotatable bonds is 21. The summed E-state index contributed by atoms with van der Waals surface area (Å²) in [4.78, 5) is 11.8. The third-order valence-electron chi connectivity index (χ3n) is 5.93. The molecule has 0 aliphatic heterocycles. The molecule has 4 nitrogen and oxygen atoms in total. The Labute approximate surface area is 197 Å². The van der Waals surface area contributed by atoms with Crippen LogP contribution in [0.25, 0.3) is 0 Å². The third kappa shape index (κ3) is 13.6. The van der Waals surface area contributed by atoms with Gasteiger partial charge >= 0.3 is 5.97 Å². The van der Waals surface area contributed by atoms with Gasteiger partial charge in [0.2, 0.25) is 0 Å². The number of methoxy groups -OCH3 is 1. The van der Waals surface area contributed by atoms with Crippen molar-refractivity contribution >= 4 is 5.97 Å². The van der Waals surface area contributed by atoms with Crippen LogP contribution in [0.1, 0.15) is 127 Å². The molecule has 1 aromatic carbocycles. The molecule has 0 heterocycles. The van der Waals surface area contributed by atoms with Crippen molar-refractivity contribution in [1.29, 1.82) is 0 Å². The zero-order chi connectivity index (χ0) is 23.3. The summed E-state index contributed by atoms with van der Waals surface area (Å²) in [5, 5.41) is 0. The summed E-state index contributed by atoms with van der Waals surface area (Å²) in [5.74, 6) is 0.920. The molecule has 0 aliphatic carbocycles. The van der Waals surface area contributed by atoms with E-state index in [1.807, 2.05) is 0 Å². The van der Waals surface area contributed by atoms with E-state index in [-0.39, 0.29) is 5.97 Å². The second-order valence-electron chi connectivity index (χ2n) is 8.74. The second-order valence-corrected chi connectivity index (χ2v) is 8.74. The molecule has 0 N–H and O–H groups in total. The van der Waals surface area contributed by atoms with Gasteiger partial charge in [-0.2, -0.15) is 0 Å². The maximum absolute atomic E-state index is 11.8. The lowest BCUT2D eigenvalue weighted by atomic mass is 10.0. The summed E-state index contributed by atoms with van der Waals surface area (Å²) >= 11 is 0. The van der Waals surface area contributed by atoms with Crippen molar-refractivity contribution in [2.75, 3.05) is 20.3 Å². The highest BCUT2D eigenvalue weighted by Gasteiger charge is 2.11. The Morgan fingerprint density at radius 1 is 0.688 bits per heavy atom. The van der Waals surface area contributed by atoms with E-state index < -0.39 is 0 Å². The van der Waals surface area contributed by atoms with Crippen LogP contribution in [-0.2, 0) is 4.74 Å². The maximum atomic E-state index is 11.8. The van der Waals surface area contributed by atoms with Crippen molar-refractivity contribution in [2.24, 2.45) is 0 Å². The third-order valence-corrected chi connectivity index (χ3v) is 5.93.